The quantitative estimate of drug-likeness (QED) is 0.373. The molecule has 0 unspecified atom stereocenters. The minimum absolute atomic E-state index is 0.0603. The minimum Gasteiger partial charge on any atom is -0.493 e. The minimum atomic E-state index is -2.95. The van der Waals surface area contributed by atoms with Gasteiger partial charge in [-0.15, -0.1) is 0 Å². The average Bonchev–Trinajstić information content (AvgIpc) is 3.06. The molecule has 3 aromatic rings. The summed E-state index contributed by atoms with van der Waals surface area (Å²) in [5.74, 6) is -0.106. The molecule has 180 valence electrons. The molecule has 0 radical (unpaired) electrons. The number of rotatable bonds is 9. The van der Waals surface area contributed by atoms with Crippen molar-refractivity contribution in [2.45, 2.75) is 33.5 Å². The van der Waals surface area contributed by atoms with E-state index in [2.05, 4.69) is 9.84 Å². The molecule has 0 bridgehead atoms. The summed E-state index contributed by atoms with van der Waals surface area (Å²) in [5.41, 5.74) is 4.26. The van der Waals surface area contributed by atoms with Crippen molar-refractivity contribution in [2.24, 2.45) is 0 Å². The van der Waals surface area contributed by atoms with Crippen molar-refractivity contribution in [1.29, 1.82) is 0 Å². The van der Waals surface area contributed by atoms with E-state index in [-0.39, 0.29) is 24.0 Å². The van der Waals surface area contributed by atoms with E-state index in [1.807, 2.05) is 42.8 Å². The first-order valence-electron chi connectivity index (χ1n) is 10.5. The van der Waals surface area contributed by atoms with E-state index in [9.17, 15) is 13.6 Å². The summed E-state index contributed by atoms with van der Waals surface area (Å²) >= 11 is 6.27. The van der Waals surface area contributed by atoms with E-state index in [4.69, 9.17) is 16.3 Å². The third kappa shape index (κ3) is 6.14. The van der Waals surface area contributed by atoms with Gasteiger partial charge in [-0.25, -0.2) is 0 Å². The number of aryl methyl sites for hydroxylation is 1. The third-order valence-corrected chi connectivity index (χ3v) is 5.72. The van der Waals surface area contributed by atoms with Crippen LogP contribution in [0.2, 0.25) is 5.02 Å². The van der Waals surface area contributed by atoms with Crippen LogP contribution in [-0.4, -0.2) is 41.4 Å². The summed E-state index contributed by atoms with van der Waals surface area (Å²) in [4.78, 5) is 14.2. The fourth-order valence-corrected chi connectivity index (χ4v) is 3.73. The molecule has 2 aromatic carbocycles. The Morgan fingerprint density at radius 1 is 1.21 bits per heavy atom. The van der Waals surface area contributed by atoms with Crippen LogP contribution in [-0.2, 0) is 17.9 Å². The van der Waals surface area contributed by atoms with Gasteiger partial charge >= 0.3 is 6.61 Å². The molecule has 0 aliphatic heterocycles. The Labute approximate surface area is 202 Å². The lowest BCUT2D eigenvalue weighted by Crippen LogP contribution is -2.24. The SMILES string of the molecule is COc1cc(CN(C)C(=O)/C=C/c2c(C)nn(Cc3ccccc3Cl)c2C)ccc1OC(F)F. The molecule has 0 fully saturated rings. The molecule has 1 aromatic heterocycles. The first-order valence-corrected chi connectivity index (χ1v) is 10.9. The van der Waals surface area contributed by atoms with Gasteiger partial charge in [0.15, 0.2) is 11.5 Å². The Balaban J connectivity index is 1.70. The van der Waals surface area contributed by atoms with Crippen LogP contribution in [0, 0.1) is 13.8 Å². The van der Waals surface area contributed by atoms with E-state index in [0.717, 1.165) is 22.5 Å². The molecule has 1 heterocycles. The van der Waals surface area contributed by atoms with Crippen molar-refractivity contribution in [3.8, 4) is 11.5 Å². The summed E-state index contributed by atoms with van der Waals surface area (Å²) in [6.07, 6.45) is 3.24. The molecule has 0 aliphatic carbocycles. The zero-order valence-electron chi connectivity index (χ0n) is 19.4. The first kappa shape index (κ1) is 25.2. The second kappa shape index (κ2) is 11.2. The van der Waals surface area contributed by atoms with Crippen LogP contribution in [0.5, 0.6) is 11.5 Å². The van der Waals surface area contributed by atoms with Crippen molar-refractivity contribution < 1.29 is 23.0 Å². The molecule has 0 N–H and O–H groups in total. The predicted octanol–water partition coefficient (Wildman–Crippen LogP) is 5.48. The number of nitrogens with zero attached hydrogens (tertiary/aromatic N) is 3. The van der Waals surface area contributed by atoms with Crippen LogP contribution >= 0.6 is 11.6 Å². The van der Waals surface area contributed by atoms with E-state index in [1.54, 1.807) is 25.3 Å². The van der Waals surface area contributed by atoms with Gasteiger partial charge in [-0.1, -0.05) is 35.9 Å². The number of likely N-dealkylation sites (N-methyl/N-ethyl adjacent to an activating group) is 1. The highest BCUT2D eigenvalue weighted by molar-refractivity contribution is 6.31. The second-order valence-electron chi connectivity index (χ2n) is 7.72. The molecule has 0 saturated carbocycles. The Kier molecular flexibility index (Phi) is 8.28. The highest BCUT2D eigenvalue weighted by Gasteiger charge is 2.14. The van der Waals surface area contributed by atoms with E-state index < -0.39 is 6.61 Å². The first-order chi connectivity index (χ1) is 16.2. The van der Waals surface area contributed by atoms with Gasteiger partial charge in [-0.05, 0) is 49.2 Å². The Bertz CT molecular complexity index is 1190. The fraction of sp³-hybridized carbons (Fsp3) is 0.280. The predicted molar refractivity (Wildman–Crippen MR) is 127 cm³/mol. The zero-order chi connectivity index (χ0) is 24.8. The lowest BCUT2D eigenvalue weighted by Gasteiger charge is -2.17. The maximum atomic E-state index is 12.7. The lowest BCUT2D eigenvalue weighted by atomic mass is 10.1. The van der Waals surface area contributed by atoms with Crippen LogP contribution in [0.3, 0.4) is 0 Å². The standard InChI is InChI=1S/C25H26ClF2N3O3/c1-16-20(17(2)31(29-16)15-19-7-5-6-8-21(19)26)10-12-24(32)30(3)14-18-9-11-22(34-25(27)28)23(13-18)33-4/h5-13,25H,14-15H2,1-4H3/b12-10+. The van der Waals surface area contributed by atoms with Gasteiger partial charge in [0.1, 0.15) is 0 Å². The molecule has 3 rings (SSSR count). The zero-order valence-corrected chi connectivity index (χ0v) is 20.1. The van der Waals surface area contributed by atoms with Gasteiger partial charge in [0.05, 0.1) is 19.3 Å². The second-order valence-corrected chi connectivity index (χ2v) is 8.13. The van der Waals surface area contributed by atoms with Crippen molar-refractivity contribution in [3.63, 3.8) is 0 Å². The topological polar surface area (TPSA) is 56.6 Å². The number of alkyl halides is 2. The normalized spacial score (nSPS) is 11.3. The number of methoxy groups -OCH3 is 1. The number of halogens is 3. The van der Waals surface area contributed by atoms with Gasteiger partial charge in [-0.2, -0.15) is 13.9 Å². The molecule has 6 nitrogen and oxygen atoms in total. The number of amides is 1. The summed E-state index contributed by atoms with van der Waals surface area (Å²) < 4.78 is 36.4. The number of carbonyl (C=O) groups excluding carboxylic acids is 1. The summed E-state index contributed by atoms with van der Waals surface area (Å²) in [5, 5.41) is 5.26. The smallest absolute Gasteiger partial charge is 0.387 e. The maximum absolute atomic E-state index is 12.7. The van der Waals surface area contributed by atoms with Gasteiger partial charge < -0.3 is 14.4 Å². The Morgan fingerprint density at radius 2 is 1.94 bits per heavy atom. The Hall–Kier alpha value is -3.39. The van der Waals surface area contributed by atoms with E-state index >= 15 is 0 Å². The maximum Gasteiger partial charge on any atom is 0.387 e. The van der Waals surface area contributed by atoms with Gasteiger partial charge in [-0.3, -0.25) is 9.48 Å². The Morgan fingerprint density at radius 3 is 2.62 bits per heavy atom. The van der Waals surface area contributed by atoms with Crippen molar-refractivity contribution >= 4 is 23.6 Å². The number of hydrogen-bond acceptors (Lipinski definition) is 4. The highest BCUT2D eigenvalue weighted by Crippen LogP contribution is 2.30. The lowest BCUT2D eigenvalue weighted by molar-refractivity contribution is -0.125. The van der Waals surface area contributed by atoms with Crippen molar-refractivity contribution in [2.75, 3.05) is 14.2 Å². The average molecular weight is 490 g/mol. The van der Waals surface area contributed by atoms with Crippen LogP contribution in [0.15, 0.2) is 48.5 Å². The number of aromatic nitrogens is 2. The van der Waals surface area contributed by atoms with Crippen LogP contribution < -0.4 is 9.47 Å². The van der Waals surface area contributed by atoms with Crippen LogP contribution in [0.25, 0.3) is 6.08 Å². The molecular weight excluding hydrogens is 464 g/mol. The van der Waals surface area contributed by atoms with E-state index in [0.29, 0.717) is 17.1 Å². The third-order valence-electron chi connectivity index (χ3n) is 5.35. The van der Waals surface area contributed by atoms with Gasteiger partial charge in [0.25, 0.3) is 0 Å². The summed E-state index contributed by atoms with van der Waals surface area (Å²) in [6.45, 7) is 1.67. The van der Waals surface area contributed by atoms with Gasteiger partial charge in [0, 0.05) is 35.9 Å². The molecule has 0 saturated heterocycles. The van der Waals surface area contributed by atoms with E-state index in [1.165, 1.54) is 24.2 Å². The molecule has 0 spiro atoms. The molecule has 0 aliphatic rings. The summed E-state index contributed by atoms with van der Waals surface area (Å²) in [7, 11) is 3.02. The number of benzene rings is 2. The molecule has 9 heteroatoms. The number of hydrogen-bond donors (Lipinski definition) is 0. The fourth-order valence-electron chi connectivity index (χ4n) is 3.53. The highest BCUT2D eigenvalue weighted by atomic mass is 35.5. The van der Waals surface area contributed by atoms with Crippen LogP contribution in [0.4, 0.5) is 8.78 Å². The number of carbonyl (C=O) groups is 1. The summed E-state index contributed by atoms with van der Waals surface area (Å²) in [6, 6.07) is 12.2. The van der Waals surface area contributed by atoms with Gasteiger partial charge in [0.2, 0.25) is 5.91 Å². The largest absolute Gasteiger partial charge is 0.493 e. The molecule has 0 atom stereocenters. The number of ether oxygens (including phenoxy) is 2. The molecular formula is C25H26ClF2N3O3. The van der Waals surface area contributed by atoms with Crippen molar-refractivity contribution in [3.05, 3.63) is 81.6 Å². The monoisotopic (exact) mass is 489 g/mol. The molecule has 34 heavy (non-hydrogen) atoms. The van der Waals surface area contributed by atoms with Crippen LogP contribution in [0.1, 0.15) is 28.1 Å². The van der Waals surface area contributed by atoms with Crippen molar-refractivity contribution in [1.82, 2.24) is 14.7 Å². The molecule has 1 amide bonds.